The Labute approximate surface area is 204 Å². The lowest BCUT2D eigenvalue weighted by Gasteiger charge is -2.34. The number of amides is 3. The van der Waals surface area contributed by atoms with E-state index in [2.05, 4.69) is 15.6 Å². The summed E-state index contributed by atoms with van der Waals surface area (Å²) in [5.41, 5.74) is 0.886. The summed E-state index contributed by atoms with van der Waals surface area (Å²) in [4.78, 5) is 44.6. The monoisotopic (exact) mass is 484 g/mol. The van der Waals surface area contributed by atoms with E-state index in [1.165, 1.54) is 0 Å². The molecule has 182 valence electrons. The second-order valence-electron chi connectivity index (χ2n) is 8.28. The maximum atomic E-state index is 13.3. The number of para-hydroxylation sites is 1. The summed E-state index contributed by atoms with van der Waals surface area (Å²) in [6.45, 7) is 2.61. The van der Waals surface area contributed by atoms with Gasteiger partial charge in [0.2, 0.25) is 11.8 Å². The van der Waals surface area contributed by atoms with Gasteiger partial charge in [-0.15, -0.1) is 0 Å². The minimum absolute atomic E-state index is 0.139. The first-order valence-electron chi connectivity index (χ1n) is 11.5. The van der Waals surface area contributed by atoms with Crippen LogP contribution in [-0.4, -0.2) is 65.4 Å². The van der Waals surface area contributed by atoms with Crippen LogP contribution in [0.15, 0.2) is 48.7 Å². The minimum Gasteiger partial charge on any atom is -0.484 e. The lowest BCUT2D eigenvalue weighted by molar-refractivity contribution is -0.139. The molecule has 1 fully saturated rings. The first-order valence-corrected chi connectivity index (χ1v) is 12.8. The number of aryl methyl sites for hydroxylation is 1. The molecular formula is C25H32N4O4S. The highest BCUT2D eigenvalue weighted by atomic mass is 32.2. The van der Waals surface area contributed by atoms with Crippen LogP contribution in [0.25, 0.3) is 0 Å². The third kappa shape index (κ3) is 7.48. The maximum absolute atomic E-state index is 13.3. The number of aromatic nitrogens is 1. The number of rotatable bonds is 10. The molecule has 2 aromatic rings. The van der Waals surface area contributed by atoms with Crippen LogP contribution in [0.3, 0.4) is 0 Å². The van der Waals surface area contributed by atoms with Gasteiger partial charge >= 0.3 is 0 Å². The van der Waals surface area contributed by atoms with Gasteiger partial charge in [0.05, 0.1) is 5.92 Å². The molecule has 2 N–H and O–H groups in total. The van der Waals surface area contributed by atoms with Crippen LogP contribution < -0.4 is 15.4 Å². The Kier molecular flexibility index (Phi) is 9.75. The quantitative estimate of drug-likeness (QED) is 0.538. The summed E-state index contributed by atoms with van der Waals surface area (Å²) in [7, 11) is 0. The number of likely N-dealkylation sites (tertiary alicyclic amines) is 1. The second-order valence-corrected chi connectivity index (χ2v) is 9.27. The fraction of sp³-hybridized carbons (Fsp3) is 0.440. The number of carbonyl (C=O) groups excluding carboxylic acids is 3. The van der Waals surface area contributed by atoms with Gasteiger partial charge in [-0.05, 0) is 62.0 Å². The average molecular weight is 485 g/mol. The Morgan fingerprint density at radius 2 is 2.00 bits per heavy atom. The highest BCUT2D eigenvalue weighted by Gasteiger charge is 2.32. The van der Waals surface area contributed by atoms with Crippen LogP contribution in [-0.2, 0) is 14.4 Å². The molecule has 1 aliphatic rings. The first-order chi connectivity index (χ1) is 16.5. The van der Waals surface area contributed by atoms with Crippen molar-refractivity contribution >= 4 is 35.3 Å². The number of hydrogen-bond donors (Lipinski definition) is 2. The predicted molar refractivity (Wildman–Crippen MR) is 134 cm³/mol. The van der Waals surface area contributed by atoms with Crippen molar-refractivity contribution in [3.05, 3.63) is 54.2 Å². The third-order valence-electron chi connectivity index (χ3n) is 5.71. The Bertz CT molecular complexity index is 972. The summed E-state index contributed by atoms with van der Waals surface area (Å²) < 4.78 is 5.51. The molecule has 0 aliphatic carbocycles. The summed E-state index contributed by atoms with van der Waals surface area (Å²) in [6, 6.07) is 12.1. The fourth-order valence-electron chi connectivity index (χ4n) is 3.84. The standard InChI is InChI=1S/C25H32N4O4S/c1-18-8-6-13-26-23(18)28-24(31)19-9-7-14-29(16-19)25(32)21(12-15-34-2)27-22(30)17-33-20-10-4-3-5-11-20/h3-6,8,10-11,13,19,21H,7,9,12,14-17H2,1-2H3,(H,27,30)(H,26,28,31). The Hall–Kier alpha value is -3.07. The zero-order valence-corrected chi connectivity index (χ0v) is 20.5. The normalized spacial score (nSPS) is 16.4. The van der Waals surface area contributed by atoms with Gasteiger partial charge in [0.25, 0.3) is 5.91 Å². The van der Waals surface area contributed by atoms with Crippen LogP contribution in [0, 0.1) is 12.8 Å². The highest BCUT2D eigenvalue weighted by Crippen LogP contribution is 2.21. The summed E-state index contributed by atoms with van der Waals surface area (Å²) in [6.07, 6.45) is 5.54. The topological polar surface area (TPSA) is 101 Å². The number of hydrogen-bond acceptors (Lipinski definition) is 6. The van der Waals surface area contributed by atoms with Crippen molar-refractivity contribution in [2.45, 2.75) is 32.2 Å². The summed E-state index contributed by atoms with van der Waals surface area (Å²) >= 11 is 1.61. The van der Waals surface area contributed by atoms with E-state index in [9.17, 15) is 14.4 Å². The number of ether oxygens (including phenoxy) is 1. The van der Waals surface area contributed by atoms with Crippen molar-refractivity contribution in [1.29, 1.82) is 0 Å². The predicted octanol–water partition coefficient (Wildman–Crippen LogP) is 2.88. The van der Waals surface area contributed by atoms with Gasteiger partial charge < -0.3 is 20.3 Å². The fourth-order valence-corrected chi connectivity index (χ4v) is 4.31. The SMILES string of the molecule is CSCCC(NC(=O)COc1ccccc1)C(=O)N1CCCC(C(=O)Nc2ncccc2C)C1. The van der Waals surface area contributed by atoms with E-state index < -0.39 is 6.04 Å². The molecule has 1 aromatic carbocycles. The molecule has 0 radical (unpaired) electrons. The van der Waals surface area contributed by atoms with Gasteiger partial charge in [-0.1, -0.05) is 24.3 Å². The van der Waals surface area contributed by atoms with E-state index in [4.69, 9.17) is 4.74 Å². The molecule has 3 amide bonds. The van der Waals surface area contributed by atoms with E-state index >= 15 is 0 Å². The Balaban J connectivity index is 1.58. The lowest BCUT2D eigenvalue weighted by Crippen LogP contribution is -2.53. The van der Waals surface area contributed by atoms with Crippen LogP contribution in [0.2, 0.25) is 0 Å². The number of carbonyl (C=O) groups is 3. The van der Waals surface area contributed by atoms with Gasteiger partial charge in [-0.25, -0.2) is 4.98 Å². The number of pyridine rings is 1. The molecule has 2 unspecified atom stereocenters. The smallest absolute Gasteiger partial charge is 0.258 e. The maximum Gasteiger partial charge on any atom is 0.258 e. The molecule has 2 heterocycles. The molecule has 8 nitrogen and oxygen atoms in total. The van der Waals surface area contributed by atoms with Crippen LogP contribution in [0.5, 0.6) is 5.75 Å². The zero-order valence-electron chi connectivity index (χ0n) is 19.7. The average Bonchev–Trinajstić information content (AvgIpc) is 2.87. The van der Waals surface area contributed by atoms with E-state index in [0.29, 0.717) is 37.5 Å². The van der Waals surface area contributed by atoms with Gasteiger partial charge in [0, 0.05) is 19.3 Å². The van der Waals surface area contributed by atoms with Crippen LogP contribution >= 0.6 is 11.8 Å². The number of benzene rings is 1. The van der Waals surface area contributed by atoms with Crippen molar-refractivity contribution < 1.29 is 19.1 Å². The minimum atomic E-state index is -0.654. The van der Waals surface area contributed by atoms with Crippen LogP contribution in [0.1, 0.15) is 24.8 Å². The van der Waals surface area contributed by atoms with Crippen molar-refractivity contribution in [3.8, 4) is 5.75 Å². The number of thioether (sulfide) groups is 1. The molecule has 0 saturated carbocycles. The van der Waals surface area contributed by atoms with Crippen molar-refractivity contribution in [3.63, 3.8) is 0 Å². The Morgan fingerprint density at radius 3 is 2.74 bits per heavy atom. The third-order valence-corrected chi connectivity index (χ3v) is 6.36. The summed E-state index contributed by atoms with van der Waals surface area (Å²) in [5.74, 6) is 0.899. The zero-order chi connectivity index (χ0) is 24.3. The molecule has 2 atom stereocenters. The molecule has 9 heteroatoms. The van der Waals surface area contributed by atoms with Gasteiger partial charge in [0.1, 0.15) is 17.6 Å². The Morgan fingerprint density at radius 1 is 1.21 bits per heavy atom. The molecule has 1 aromatic heterocycles. The van der Waals surface area contributed by atoms with E-state index in [-0.39, 0.29) is 30.2 Å². The van der Waals surface area contributed by atoms with Gasteiger partial charge in [-0.2, -0.15) is 11.8 Å². The summed E-state index contributed by atoms with van der Waals surface area (Å²) in [5, 5.41) is 5.72. The molecule has 1 aliphatic heterocycles. The van der Waals surface area contributed by atoms with Gasteiger partial charge in [0.15, 0.2) is 6.61 Å². The first kappa shape index (κ1) is 25.6. The van der Waals surface area contributed by atoms with E-state index in [1.807, 2.05) is 43.5 Å². The largest absolute Gasteiger partial charge is 0.484 e. The second kappa shape index (κ2) is 13.0. The number of piperidine rings is 1. The number of nitrogens with one attached hydrogen (secondary N) is 2. The van der Waals surface area contributed by atoms with Crippen LogP contribution in [0.4, 0.5) is 5.82 Å². The van der Waals surface area contributed by atoms with Gasteiger partial charge in [-0.3, -0.25) is 14.4 Å². The highest BCUT2D eigenvalue weighted by molar-refractivity contribution is 7.98. The number of anilines is 1. The molecule has 0 spiro atoms. The van der Waals surface area contributed by atoms with Crippen molar-refractivity contribution in [1.82, 2.24) is 15.2 Å². The molecule has 34 heavy (non-hydrogen) atoms. The molecule has 3 rings (SSSR count). The molecule has 0 bridgehead atoms. The number of nitrogens with zero attached hydrogens (tertiary/aromatic N) is 2. The molecular weight excluding hydrogens is 452 g/mol. The molecule has 1 saturated heterocycles. The van der Waals surface area contributed by atoms with Crippen molar-refractivity contribution in [2.24, 2.45) is 5.92 Å². The van der Waals surface area contributed by atoms with E-state index in [1.54, 1.807) is 35.0 Å². The lowest BCUT2D eigenvalue weighted by atomic mass is 9.96. The van der Waals surface area contributed by atoms with E-state index in [0.717, 1.165) is 17.7 Å². The van der Waals surface area contributed by atoms with Crippen molar-refractivity contribution in [2.75, 3.05) is 37.0 Å².